The maximum absolute atomic E-state index is 10.9. The van der Waals surface area contributed by atoms with Crippen LogP contribution in [0.1, 0.15) is 23.7 Å². The molecule has 1 aliphatic rings. The summed E-state index contributed by atoms with van der Waals surface area (Å²) in [7, 11) is 0. The SMILES string of the molecule is O=C(O)CC1CN(Cc2ncon2)c2ccccc21. The fourth-order valence-electron chi connectivity index (χ4n) is 2.55. The molecule has 0 fully saturated rings. The lowest BCUT2D eigenvalue weighted by Crippen LogP contribution is -2.22. The topological polar surface area (TPSA) is 79.5 Å². The van der Waals surface area contributed by atoms with E-state index in [1.807, 2.05) is 24.3 Å². The monoisotopic (exact) mass is 259 g/mol. The number of rotatable bonds is 4. The number of hydrogen-bond acceptors (Lipinski definition) is 5. The molecule has 1 N–H and O–H groups in total. The van der Waals surface area contributed by atoms with Crippen molar-refractivity contribution in [3.05, 3.63) is 42.0 Å². The average molecular weight is 259 g/mol. The van der Waals surface area contributed by atoms with E-state index in [2.05, 4.69) is 15.0 Å². The van der Waals surface area contributed by atoms with Crippen LogP contribution in [-0.2, 0) is 11.3 Å². The van der Waals surface area contributed by atoms with Crippen molar-refractivity contribution in [2.24, 2.45) is 0 Å². The lowest BCUT2D eigenvalue weighted by atomic mass is 9.98. The summed E-state index contributed by atoms with van der Waals surface area (Å²) in [5.41, 5.74) is 2.13. The summed E-state index contributed by atoms with van der Waals surface area (Å²) >= 11 is 0. The predicted octanol–water partition coefficient (Wildman–Crippen LogP) is 1.65. The van der Waals surface area contributed by atoms with Gasteiger partial charge in [0.05, 0.1) is 13.0 Å². The summed E-state index contributed by atoms with van der Waals surface area (Å²) in [5, 5.41) is 12.8. The summed E-state index contributed by atoms with van der Waals surface area (Å²) in [4.78, 5) is 17.0. The van der Waals surface area contributed by atoms with Crippen LogP contribution in [0.15, 0.2) is 35.2 Å². The Hall–Kier alpha value is -2.37. The maximum Gasteiger partial charge on any atom is 0.304 e. The zero-order chi connectivity index (χ0) is 13.2. The molecular weight excluding hydrogens is 246 g/mol. The summed E-state index contributed by atoms with van der Waals surface area (Å²) in [6.07, 6.45) is 1.44. The van der Waals surface area contributed by atoms with Crippen molar-refractivity contribution in [3.63, 3.8) is 0 Å². The average Bonchev–Trinajstić information content (AvgIpc) is 2.99. The Bertz CT molecular complexity index is 583. The van der Waals surface area contributed by atoms with Crippen molar-refractivity contribution in [1.82, 2.24) is 10.1 Å². The molecule has 0 aliphatic carbocycles. The minimum atomic E-state index is -0.777. The van der Waals surface area contributed by atoms with Gasteiger partial charge in [-0.25, -0.2) is 0 Å². The molecule has 1 atom stereocenters. The summed E-state index contributed by atoms with van der Waals surface area (Å²) in [5.74, 6) is -0.160. The highest BCUT2D eigenvalue weighted by atomic mass is 16.5. The molecule has 98 valence electrons. The van der Waals surface area contributed by atoms with Crippen LogP contribution in [0.5, 0.6) is 0 Å². The molecule has 1 unspecified atom stereocenters. The lowest BCUT2D eigenvalue weighted by Gasteiger charge is -2.17. The van der Waals surface area contributed by atoms with E-state index in [0.29, 0.717) is 18.9 Å². The molecule has 0 saturated heterocycles. The van der Waals surface area contributed by atoms with E-state index in [9.17, 15) is 4.79 Å². The Balaban J connectivity index is 1.86. The Labute approximate surface area is 109 Å². The van der Waals surface area contributed by atoms with E-state index in [1.54, 1.807) is 0 Å². The van der Waals surface area contributed by atoms with Gasteiger partial charge in [-0.15, -0.1) is 0 Å². The predicted molar refractivity (Wildman–Crippen MR) is 66.8 cm³/mol. The third-order valence-corrected chi connectivity index (χ3v) is 3.32. The van der Waals surface area contributed by atoms with Gasteiger partial charge in [0, 0.05) is 18.2 Å². The molecule has 2 heterocycles. The molecular formula is C13H13N3O3. The highest BCUT2D eigenvalue weighted by Gasteiger charge is 2.30. The van der Waals surface area contributed by atoms with Crippen LogP contribution < -0.4 is 4.90 Å². The fraction of sp³-hybridized carbons (Fsp3) is 0.308. The number of hydrogen-bond donors (Lipinski definition) is 1. The standard InChI is InChI=1S/C13H13N3O3/c17-13(18)5-9-6-16(7-12-14-8-19-15-12)11-4-2-1-3-10(9)11/h1-4,8-9H,5-7H2,(H,17,18). The Morgan fingerprint density at radius 3 is 3.05 bits per heavy atom. The third kappa shape index (κ3) is 2.29. The minimum absolute atomic E-state index is 0.0144. The smallest absolute Gasteiger partial charge is 0.304 e. The van der Waals surface area contributed by atoms with Gasteiger partial charge in [-0.2, -0.15) is 4.98 Å². The van der Waals surface area contributed by atoms with Crippen molar-refractivity contribution < 1.29 is 14.4 Å². The highest BCUT2D eigenvalue weighted by Crippen LogP contribution is 2.38. The van der Waals surface area contributed by atoms with Crippen LogP contribution in [0.25, 0.3) is 0 Å². The molecule has 0 saturated carbocycles. The Morgan fingerprint density at radius 1 is 1.47 bits per heavy atom. The summed E-state index contributed by atoms with van der Waals surface area (Å²) < 4.78 is 4.72. The lowest BCUT2D eigenvalue weighted by molar-refractivity contribution is -0.137. The third-order valence-electron chi connectivity index (χ3n) is 3.32. The van der Waals surface area contributed by atoms with Crippen LogP contribution >= 0.6 is 0 Å². The fourth-order valence-corrected chi connectivity index (χ4v) is 2.55. The first-order chi connectivity index (χ1) is 9.24. The molecule has 0 amide bonds. The molecule has 0 radical (unpaired) electrons. The zero-order valence-corrected chi connectivity index (χ0v) is 10.2. The van der Waals surface area contributed by atoms with Crippen LogP contribution in [-0.4, -0.2) is 27.8 Å². The molecule has 19 heavy (non-hydrogen) atoms. The van der Waals surface area contributed by atoms with Crippen molar-refractivity contribution >= 4 is 11.7 Å². The largest absolute Gasteiger partial charge is 0.481 e. The first-order valence-corrected chi connectivity index (χ1v) is 6.05. The highest BCUT2D eigenvalue weighted by molar-refractivity contribution is 5.71. The first kappa shape index (κ1) is 11.7. The number of nitrogens with zero attached hydrogens (tertiary/aromatic N) is 3. The molecule has 0 bridgehead atoms. The quantitative estimate of drug-likeness (QED) is 0.899. The molecule has 0 spiro atoms. The van der Waals surface area contributed by atoms with Crippen molar-refractivity contribution in [1.29, 1.82) is 0 Å². The normalized spacial score (nSPS) is 17.5. The molecule has 6 heteroatoms. The number of fused-ring (bicyclic) bond motifs is 1. The first-order valence-electron chi connectivity index (χ1n) is 6.05. The van der Waals surface area contributed by atoms with Crippen molar-refractivity contribution in [2.75, 3.05) is 11.4 Å². The van der Waals surface area contributed by atoms with E-state index in [4.69, 9.17) is 9.63 Å². The second-order valence-corrected chi connectivity index (χ2v) is 4.58. The summed E-state index contributed by atoms with van der Waals surface area (Å²) in [6, 6.07) is 7.87. The van der Waals surface area contributed by atoms with Gasteiger partial charge in [0.2, 0.25) is 6.39 Å². The summed E-state index contributed by atoms with van der Waals surface area (Å²) in [6.45, 7) is 1.20. The molecule has 6 nitrogen and oxygen atoms in total. The number of para-hydroxylation sites is 1. The molecule has 1 aliphatic heterocycles. The van der Waals surface area contributed by atoms with Gasteiger partial charge in [0.15, 0.2) is 5.82 Å². The number of carboxylic acids is 1. The number of carbonyl (C=O) groups is 1. The van der Waals surface area contributed by atoms with Crippen molar-refractivity contribution in [2.45, 2.75) is 18.9 Å². The van der Waals surface area contributed by atoms with Crippen LogP contribution in [0.3, 0.4) is 0 Å². The Kier molecular flexibility index (Phi) is 2.91. The number of aromatic nitrogens is 2. The van der Waals surface area contributed by atoms with E-state index in [-0.39, 0.29) is 12.3 Å². The second kappa shape index (κ2) is 4.72. The van der Waals surface area contributed by atoms with Crippen LogP contribution in [0, 0.1) is 0 Å². The van der Waals surface area contributed by atoms with Gasteiger partial charge in [-0.1, -0.05) is 23.4 Å². The maximum atomic E-state index is 10.9. The van der Waals surface area contributed by atoms with E-state index >= 15 is 0 Å². The minimum Gasteiger partial charge on any atom is -0.481 e. The van der Waals surface area contributed by atoms with Crippen LogP contribution in [0.2, 0.25) is 0 Å². The van der Waals surface area contributed by atoms with Gasteiger partial charge in [0.25, 0.3) is 0 Å². The van der Waals surface area contributed by atoms with Gasteiger partial charge < -0.3 is 14.5 Å². The van der Waals surface area contributed by atoms with Gasteiger partial charge in [-0.05, 0) is 11.6 Å². The Morgan fingerprint density at radius 2 is 2.32 bits per heavy atom. The number of benzene rings is 1. The van der Waals surface area contributed by atoms with Crippen LogP contribution in [0.4, 0.5) is 5.69 Å². The zero-order valence-electron chi connectivity index (χ0n) is 10.2. The van der Waals surface area contributed by atoms with Gasteiger partial charge in [0.1, 0.15) is 0 Å². The van der Waals surface area contributed by atoms with Crippen molar-refractivity contribution in [3.8, 4) is 0 Å². The molecule has 2 aromatic rings. The van der Waals surface area contributed by atoms with Gasteiger partial charge >= 0.3 is 5.97 Å². The van der Waals surface area contributed by atoms with E-state index in [0.717, 1.165) is 11.3 Å². The number of aliphatic carboxylic acids is 1. The molecule has 3 rings (SSSR count). The van der Waals surface area contributed by atoms with E-state index in [1.165, 1.54) is 6.39 Å². The molecule has 1 aromatic carbocycles. The van der Waals surface area contributed by atoms with E-state index < -0.39 is 5.97 Å². The molecule has 1 aromatic heterocycles. The van der Waals surface area contributed by atoms with Gasteiger partial charge in [-0.3, -0.25) is 4.79 Å². The second-order valence-electron chi connectivity index (χ2n) is 4.58. The number of carboxylic acid groups (broad SMARTS) is 1. The number of anilines is 1.